The second-order valence-corrected chi connectivity index (χ2v) is 9.81. The number of aromatic hydroxyl groups is 1. The van der Waals surface area contributed by atoms with Crippen LogP contribution in [0.5, 0.6) is 5.75 Å². The van der Waals surface area contributed by atoms with E-state index >= 15 is 0 Å². The molecule has 3 aliphatic carbocycles. The Hall–Kier alpha value is -3.14. The van der Waals surface area contributed by atoms with Gasteiger partial charge in [-0.1, -0.05) is 11.6 Å². The maximum Gasteiger partial charge on any atom is 0.255 e. The van der Waals surface area contributed by atoms with E-state index < -0.39 is 52.0 Å². The third kappa shape index (κ3) is 2.82. The molecular formula is C23H18ClNO7S. The molecule has 5 rings (SSSR count). The highest BCUT2D eigenvalue weighted by molar-refractivity contribution is 7.14. The smallest absolute Gasteiger partial charge is 0.255 e. The lowest BCUT2D eigenvalue weighted by atomic mass is 9.59. The van der Waals surface area contributed by atoms with Crippen molar-refractivity contribution in [2.45, 2.75) is 24.9 Å². The minimum absolute atomic E-state index is 0.0455. The second kappa shape index (κ2) is 7.18. The maximum absolute atomic E-state index is 13.5. The van der Waals surface area contributed by atoms with Crippen molar-refractivity contribution in [1.82, 2.24) is 0 Å². The summed E-state index contributed by atoms with van der Waals surface area (Å²) < 4.78 is 0. The zero-order valence-electron chi connectivity index (χ0n) is 17.0. The molecule has 170 valence electrons. The summed E-state index contributed by atoms with van der Waals surface area (Å²) in [5.41, 5.74) is 2.96. The van der Waals surface area contributed by atoms with E-state index in [2.05, 4.69) is 0 Å². The van der Waals surface area contributed by atoms with Crippen LogP contribution in [-0.2, 0) is 20.8 Å². The first kappa shape index (κ1) is 21.7. The molecule has 3 atom stereocenters. The number of fused-ring (bicyclic) bond motifs is 3. The summed E-state index contributed by atoms with van der Waals surface area (Å²) in [6, 6.07) is 4.80. The number of amides is 1. The van der Waals surface area contributed by atoms with Gasteiger partial charge in [-0.05, 0) is 53.5 Å². The van der Waals surface area contributed by atoms with Gasteiger partial charge in [0.1, 0.15) is 22.8 Å². The zero-order valence-corrected chi connectivity index (χ0v) is 18.5. The lowest BCUT2D eigenvalue weighted by Crippen LogP contribution is -2.58. The number of rotatable bonds is 2. The Morgan fingerprint density at radius 1 is 1.15 bits per heavy atom. The molecule has 1 aromatic carbocycles. The lowest BCUT2D eigenvalue weighted by Gasteiger charge is -2.46. The number of thiophene rings is 1. The summed E-state index contributed by atoms with van der Waals surface area (Å²) in [4.78, 5) is 38.3. The number of hydrogen-bond acceptors (Lipinski definition) is 8. The van der Waals surface area contributed by atoms with Gasteiger partial charge in [0, 0.05) is 17.9 Å². The molecule has 0 unspecified atom stereocenters. The van der Waals surface area contributed by atoms with Crippen LogP contribution in [0.1, 0.15) is 24.0 Å². The number of aliphatic hydroxyl groups excluding tert-OH is 2. The van der Waals surface area contributed by atoms with Crippen molar-refractivity contribution in [3.05, 3.63) is 56.6 Å². The summed E-state index contributed by atoms with van der Waals surface area (Å²) in [5, 5.41) is 45.8. The van der Waals surface area contributed by atoms with Gasteiger partial charge < -0.3 is 26.2 Å². The number of benzene rings is 1. The van der Waals surface area contributed by atoms with Gasteiger partial charge in [-0.2, -0.15) is 0 Å². The Labute approximate surface area is 196 Å². The number of primary amides is 1. The van der Waals surface area contributed by atoms with Crippen LogP contribution < -0.4 is 5.73 Å². The lowest BCUT2D eigenvalue weighted by molar-refractivity contribution is -0.147. The van der Waals surface area contributed by atoms with Crippen molar-refractivity contribution >= 4 is 46.2 Å². The molecule has 3 aliphatic rings. The summed E-state index contributed by atoms with van der Waals surface area (Å²) in [5.74, 6) is -6.48. The Kier molecular flexibility index (Phi) is 4.72. The van der Waals surface area contributed by atoms with Gasteiger partial charge in [-0.25, -0.2) is 0 Å². The van der Waals surface area contributed by atoms with Crippen molar-refractivity contribution in [1.29, 1.82) is 0 Å². The molecule has 2 aromatic rings. The third-order valence-corrected chi connectivity index (χ3v) is 8.18. The van der Waals surface area contributed by atoms with E-state index in [9.17, 15) is 34.8 Å². The van der Waals surface area contributed by atoms with Gasteiger partial charge in [-0.15, -0.1) is 11.3 Å². The summed E-state index contributed by atoms with van der Waals surface area (Å²) in [6.07, 6.45) is -0.0475. The molecule has 8 nitrogen and oxygen atoms in total. The fraction of sp³-hybridized carbons (Fsp3) is 0.261. The molecule has 0 spiro atoms. The number of phenolic OH excluding ortho intramolecular Hbond substituents is 1. The van der Waals surface area contributed by atoms with Gasteiger partial charge in [0.15, 0.2) is 11.4 Å². The van der Waals surface area contributed by atoms with E-state index in [-0.39, 0.29) is 36.1 Å². The topological polar surface area (TPSA) is 158 Å². The summed E-state index contributed by atoms with van der Waals surface area (Å²) in [7, 11) is 0. The molecule has 1 fully saturated rings. The highest BCUT2D eigenvalue weighted by Gasteiger charge is 2.60. The number of hydrogen-bond donors (Lipinski definition) is 5. The first-order valence-electron chi connectivity index (χ1n) is 10.1. The summed E-state index contributed by atoms with van der Waals surface area (Å²) in [6.45, 7) is 0. The summed E-state index contributed by atoms with van der Waals surface area (Å²) >= 11 is 7.70. The standard InChI is InChI=1S/C23H18ClNO7S/c24-12-3-4-33-19(12)10-1-2-13(26)16-11(10)6-8-5-9-7-14(27)17(22(25)31)21(30)23(9,32)20(29)15(8)18(16)28/h1-4,8-9,26,28,30,32H,5-7H2,(H2,25,31)/t8-,9+,23+/m1/s1. The molecule has 0 radical (unpaired) electrons. The number of carbonyl (C=O) groups is 3. The number of aliphatic hydroxyl groups is 3. The average molecular weight is 488 g/mol. The molecule has 0 saturated heterocycles. The van der Waals surface area contributed by atoms with Crippen LogP contribution in [0, 0.1) is 11.8 Å². The van der Waals surface area contributed by atoms with Gasteiger partial charge in [0.25, 0.3) is 5.91 Å². The largest absolute Gasteiger partial charge is 0.508 e. The average Bonchev–Trinajstić information content (AvgIpc) is 3.16. The Morgan fingerprint density at radius 2 is 1.88 bits per heavy atom. The monoisotopic (exact) mass is 487 g/mol. The van der Waals surface area contributed by atoms with Gasteiger partial charge in [0.05, 0.1) is 15.5 Å². The molecule has 1 saturated carbocycles. The van der Waals surface area contributed by atoms with Crippen LogP contribution >= 0.6 is 22.9 Å². The van der Waals surface area contributed by atoms with Gasteiger partial charge >= 0.3 is 0 Å². The van der Waals surface area contributed by atoms with Crippen molar-refractivity contribution in [2.24, 2.45) is 17.6 Å². The van der Waals surface area contributed by atoms with Gasteiger partial charge in [-0.3, -0.25) is 14.4 Å². The van der Waals surface area contributed by atoms with E-state index in [4.69, 9.17) is 17.3 Å². The number of carbonyl (C=O) groups excluding carboxylic acids is 3. The van der Waals surface area contributed by atoms with Crippen molar-refractivity contribution in [3.63, 3.8) is 0 Å². The second-order valence-electron chi connectivity index (χ2n) is 8.49. The van der Waals surface area contributed by atoms with Crippen LogP contribution in [0.15, 0.2) is 40.5 Å². The fourth-order valence-electron chi connectivity index (χ4n) is 5.32. The number of Topliss-reactive ketones (excluding diaryl/α,β-unsaturated/α-hetero) is 2. The van der Waals surface area contributed by atoms with Crippen molar-refractivity contribution in [2.75, 3.05) is 0 Å². The van der Waals surface area contributed by atoms with Crippen molar-refractivity contribution < 1.29 is 34.8 Å². The zero-order chi connectivity index (χ0) is 23.8. The normalized spacial score (nSPS) is 26.7. The highest BCUT2D eigenvalue weighted by atomic mass is 35.5. The Bertz CT molecular complexity index is 1340. The van der Waals surface area contributed by atoms with Crippen LogP contribution in [-0.4, -0.2) is 43.5 Å². The van der Waals surface area contributed by atoms with E-state index in [0.717, 1.165) is 4.88 Å². The fourth-order valence-corrected chi connectivity index (χ4v) is 6.53. The molecule has 1 aromatic heterocycles. The number of nitrogens with two attached hydrogens (primary N) is 1. The SMILES string of the molecule is NC(=O)C1=C(O)[C@@]2(O)C(=O)C3=C(O)c4c(O)ccc(-c5sccc5Cl)c4C[C@H]3C[C@H]2CC1=O. The molecule has 6 N–H and O–H groups in total. The number of halogens is 1. The molecule has 1 heterocycles. The van der Waals surface area contributed by atoms with Crippen LogP contribution in [0.4, 0.5) is 0 Å². The first-order chi connectivity index (χ1) is 15.6. The number of ketones is 2. The van der Waals surface area contributed by atoms with E-state index in [1.54, 1.807) is 12.1 Å². The first-order valence-corrected chi connectivity index (χ1v) is 11.4. The molecule has 10 heteroatoms. The third-order valence-electron chi connectivity index (χ3n) is 6.81. The number of phenols is 1. The Morgan fingerprint density at radius 3 is 2.52 bits per heavy atom. The predicted octanol–water partition coefficient (Wildman–Crippen LogP) is 2.81. The predicted molar refractivity (Wildman–Crippen MR) is 120 cm³/mol. The molecular weight excluding hydrogens is 470 g/mol. The van der Waals surface area contributed by atoms with Crippen molar-refractivity contribution in [3.8, 4) is 16.2 Å². The Balaban J connectivity index is 1.72. The van der Waals surface area contributed by atoms with Crippen LogP contribution in [0.3, 0.4) is 0 Å². The molecule has 1 amide bonds. The van der Waals surface area contributed by atoms with Crippen LogP contribution in [0.25, 0.3) is 16.2 Å². The van der Waals surface area contributed by atoms with E-state index in [0.29, 0.717) is 16.1 Å². The van der Waals surface area contributed by atoms with E-state index in [1.165, 1.54) is 17.4 Å². The quantitative estimate of drug-likeness (QED) is 0.407. The highest BCUT2D eigenvalue weighted by Crippen LogP contribution is 2.53. The molecule has 0 aliphatic heterocycles. The maximum atomic E-state index is 13.5. The minimum Gasteiger partial charge on any atom is -0.508 e. The van der Waals surface area contributed by atoms with E-state index in [1.807, 2.05) is 5.38 Å². The molecule has 33 heavy (non-hydrogen) atoms. The van der Waals surface area contributed by atoms with Gasteiger partial charge in [0.2, 0.25) is 5.78 Å². The van der Waals surface area contributed by atoms with Crippen LogP contribution in [0.2, 0.25) is 5.02 Å². The minimum atomic E-state index is -2.57. The molecule has 0 bridgehead atoms.